The van der Waals surface area contributed by atoms with Crippen molar-refractivity contribution in [1.82, 2.24) is 9.13 Å². The van der Waals surface area contributed by atoms with Crippen LogP contribution in [0.1, 0.15) is 0 Å². The van der Waals surface area contributed by atoms with E-state index >= 15 is 0 Å². The van der Waals surface area contributed by atoms with Crippen molar-refractivity contribution in [3.8, 4) is 22.5 Å². The van der Waals surface area contributed by atoms with Crippen LogP contribution in [0.4, 0.5) is 34.1 Å². The Labute approximate surface area is 534 Å². The van der Waals surface area contributed by atoms with Crippen LogP contribution < -0.4 is 9.80 Å². The second kappa shape index (κ2) is 19.9. The topological polar surface area (TPSA) is 42.6 Å². The summed E-state index contributed by atoms with van der Waals surface area (Å²) in [6.07, 6.45) is 0. The first-order chi connectivity index (χ1) is 45.6. The summed E-state index contributed by atoms with van der Waals surface area (Å²) < 4.78 is 23.8. The molecule has 0 unspecified atom stereocenters. The second-order valence-corrected chi connectivity index (χ2v) is 26.0. The molecular formula is C84H50N4O2S2. The van der Waals surface area contributed by atoms with Gasteiger partial charge in [0.2, 0.25) is 0 Å². The van der Waals surface area contributed by atoms with Gasteiger partial charge < -0.3 is 27.8 Å². The maximum absolute atomic E-state index is 7.38. The molecule has 92 heavy (non-hydrogen) atoms. The van der Waals surface area contributed by atoms with Crippen LogP contribution in [0.15, 0.2) is 312 Å². The number of furan rings is 2. The molecule has 8 heteroatoms. The van der Waals surface area contributed by atoms with Gasteiger partial charge in [-0.15, -0.1) is 22.7 Å². The summed E-state index contributed by atoms with van der Waals surface area (Å²) in [4.78, 5) is 4.94. The normalized spacial score (nSPS) is 12.1. The van der Waals surface area contributed by atoms with Crippen molar-refractivity contribution in [2.45, 2.75) is 0 Å². The van der Waals surface area contributed by atoms with Crippen LogP contribution in [0.2, 0.25) is 0 Å². The van der Waals surface area contributed by atoms with Crippen molar-refractivity contribution in [3.63, 3.8) is 0 Å². The third-order valence-electron chi connectivity index (χ3n) is 18.9. The molecule has 6 nitrogen and oxygen atoms in total. The molecular weight excluding hydrogens is 1160 g/mol. The van der Waals surface area contributed by atoms with Gasteiger partial charge in [0.1, 0.15) is 22.3 Å². The minimum atomic E-state index is 0.816. The van der Waals surface area contributed by atoms with E-state index in [0.29, 0.717) is 0 Å². The summed E-state index contributed by atoms with van der Waals surface area (Å²) in [5, 5.41) is 13.9. The van der Waals surface area contributed by atoms with E-state index in [4.69, 9.17) is 8.83 Å². The molecule has 0 bridgehead atoms. The summed E-state index contributed by atoms with van der Waals surface area (Å²) in [5.74, 6) is 0. The molecule has 14 aromatic carbocycles. The number of hydrogen-bond acceptors (Lipinski definition) is 6. The van der Waals surface area contributed by atoms with Gasteiger partial charge in [-0.2, -0.15) is 0 Å². The highest BCUT2D eigenvalue weighted by molar-refractivity contribution is 7.26. The summed E-state index contributed by atoms with van der Waals surface area (Å²) in [6.45, 7) is 0. The summed E-state index contributed by atoms with van der Waals surface area (Å²) in [7, 11) is 0. The molecule has 6 aromatic heterocycles. The zero-order valence-electron chi connectivity index (χ0n) is 49.3. The van der Waals surface area contributed by atoms with Crippen LogP contribution in [-0.4, -0.2) is 9.13 Å². The molecule has 6 heterocycles. The van der Waals surface area contributed by atoms with E-state index in [1.807, 2.05) is 22.7 Å². The van der Waals surface area contributed by atoms with Crippen LogP contribution in [0.5, 0.6) is 0 Å². The van der Waals surface area contributed by atoms with E-state index < -0.39 is 0 Å². The molecule has 0 N–H and O–H groups in total. The predicted octanol–water partition coefficient (Wildman–Crippen LogP) is 25.0. The van der Waals surface area contributed by atoms with Crippen LogP contribution in [0, 0.1) is 0 Å². The summed E-state index contributed by atoms with van der Waals surface area (Å²) in [6, 6.07) is 110. The number of nitrogens with zero attached hydrogens (tertiary/aromatic N) is 4. The lowest BCUT2D eigenvalue weighted by Crippen LogP contribution is -2.11. The number of benzene rings is 14. The number of rotatable bonds is 9. The summed E-state index contributed by atoms with van der Waals surface area (Å²) >= 11 is 3.68. The molecule has 0 aliphatic rings. The Morgan fingerprint density at radius 2 is 0.728 bits per heavy atom. The molecule has 0 amide bonds. The minimum absolute atomic E-state index is 0.816. The van der Waals surface area contributed by atoms with Crippen molar-refractivity contribution >= 4 is 185 Å². The van der Waals surface area contributed by atoms with E-state index in [2.05, 4.69) is 322 Å². The Balaban J connectivity index is 0.821. The zero-order chi connectivity index (χ0) is 60.1. The third kappa shape index (κ3) is 7.53. The van der Waals surface area contributed by atoms with E-state index in [-0.39, 0.29) is 0 Å². The van der Waals surface area contributed by atoms with Crippen molar-refractivity contribution in [2.24, 2.45) is 0 Å². The van der Waals surface area contributed by atoms with Crippen molar-refractivity contribution in [1.29, 1.82) is 0 Å². The van der Waals surface area contributed by atoms with Crippen LogP contribution in [0.3, 0.4) is 0 Å². The van der Waals surface area contributed by atoms with Gasteiger partial charge in [0.15, 0.2) is 0 Å². The fourth-order valence-electron chi connectivity index (χ4n) is 15.0. The first kappa shape index (κ1) is 51.2. The number of hydrogen-bond donors (Lipinski definition) is 0. The molecule has 0 atom stereocenters. The van der Waals surface area contributed by atoms with Crippen molar-refractivity contribution in [2.75, 3.05) is 9.80 Å². The first-order valence-corrected chi connectivity index (χ1v) is 32.8. The highest BCUT2D eigenvalue weighted by atomic mass is 32.1. The van der Waals surface area contributed by atoms with Crippen LogP contribution in [0.25, 0.3) is 150 Å². The molecule has 0 fully saturated rings. The average Bonchev–Trinajstić information content (AvgIpc) is 1.58. The third-order valence-corrected chi connectivity index (χ3v) is 21.2. The Morgan fingerprint density at radius 1 is 0.261 bits per heavy atom. The van der Waals surface area contributed by atoms with Gasteiger partial charge in [0.05, 0.1) is 49.9 Å². The molecule has 0 radical (unpaired) electrons. The second-order valence-electron chi connectivity index (χ2n) is 23.8. The number of anilines is 6. The van der Waals surface area contributed by atoms with Gasteiger partial charge in [0.25, 0.3) is 0 Å². The fraction of sp³-hybridized carbons (Fsp3) is 0. The number of para-hydroxylation sites is 6. The van der Waals surface area contributed by atoms with Gasteiger partial charge in [-0.05, 0) is 121 Å². The highest BCUT2D eigenvalue weighted by Crippen LogP contribution is 2.54. The van der Waals surface area contributed by atoms with E-state index in [1.54, 1.807) is 0 Å². The fourth-order valence-corrected chi connectivity index (χ4v) is 17.4. The Kier molecular flexibility index (Phi) is 11.1. The maximum Gasteiger partial charge on any atom is 0.143 e. The smallest absolute Gasteiger partial charge is 0.143 e. The van der Waals surface area contributed by atoms with E-state index in [9.17, 15) is 0 Å². The largest absolute Gasteiger partial charge is 0.456 e. The molecule has 430 valence electrons. The highest BCUT2D eigenvalue weighted by Gasteiger charge is 2.28. The molecule has 20 rings (SSSR count). The monoisotopic (exact) mass is 1210 g/mol. The molecule has 0 saturated carbocycles. The van der Waals surface area contributed by atoms with Gasteiger partial charge in [-0.25, -0.2) is 0 Å². The van der Waals surface area contributed by atoms with Gasteiger partial charge in [-0.3, -0.25) is 0 Å². The standard InChI is InChI=1S/C84H50N4O2S2/c1-3-20-51(21-4-1)86-67-31-12-7-24-56(67)58-43-40-53(48-72(58)86)85(55-42-45-61-60-26-10-15-38-77(60)91-79(61)50-55)69-33-18-37-76-81(69)66-30-17-29-62(83(66)90-76)63-46-47-71(82-65-28-11-16-39-78(65)92-84(63)82)88(70-34-19-36-75-80(70)64-27-9-14-35-74(64)89-75)54-41-44-59-57-25-8-13-32-68(57)87(73(59)49-54)52-22-5-2-6-23-52/h1-50H. The van der Waals surface area contributed by atoms with Gasteiger partial charge in [-0.1, -0.05) is 182 Å². The first-order valence-electron chi connectivity index (χ1n) is 31.1. The van der Waals surface area contributed by atoms with Crippen molar-refractivity contribution in [3.05, 3.63) is 303 Å². The number of fused-ring (bicyclic) bond motifs is 18. The predicted molar refractivity (Wildman–Crippen MR) is 390 cm³/mol. The number of aromatic nitrogens is 2. The number of thiophene rings is 2. The maximum atomic E-state index is 7.38. The molecule has 0 aliphatic heterocycles. The van der Waals surface area contributed by atoms with Crippen LogP contribution >= 0.6 is 22.7 Å². The SMILES string of the molecule is c1ccc(-n2c3ccccc3c3ccc(N(c4ccc5c(c4)sc4ccccc45)c4cccc5oc6c(-c7ccc(N(c8ccc9c%10ccccc%10n(-c%10ccccc%10)c9c8)c8cccc9oc%10ccccc%10c89)c8c7sc7ccccc78)cccc6c45)cc32)cc1. The summed E-state index contributed by atoms with van der Waals surface area (Å²) in [5.41, 5.74) is 18.6. The average molecular weight is 1210 g/mol. The van der Waals surface area contributed by atoms with E-state index in [1.165, 1.54) is 62.0 Å². The van der Waals surface area contributed by atoms with Gasteiger partial charge >= 0.3 is 0 Å². The molecule has 0 spiro atoms. The lowest BCUT2D eigenvalue weighted by atomic mass is 9.97. The molecule has 20 aromatic rings. The molecule has 0 aliphatic carbocycles. The Hall–Kier alpha value is -11.7. The Morgan fingerprint density at radius 3 is 1.41 bits per heavy atom. The Bertz CT molecular complexity index is 6420. The van der Waals surface area contributed by atoms with Crippen LogP contribution in [-0.2, 0) is 0 Å². The van der Waals surface area contributed by atoms with E-state index in [0.717, 1.165) is 122 Å². The van der Waals surface area contributed by atoms with Gasteiger partial charge in [0, 0.05) is 112 Å². The molecule has 0 saturated heterocycles. The lowest BCUT2D eigenvalue weighted by Gasteiger charge is -2.28. The van der Waals surface area contributed by atoms with Crippen molar-refractivity contribution < 1.29 is 8.83 Å². The quantitative estimate of drug-likeness (QED) is 0.144. The minimum Gasteiger partial charge on any atom is -0.456 e. The zero-order valence-corrected chi connectivity index (χ0v) is 50.9. The lowest BCUT2D eigenvalue weighted by molar-refractivity contribution is 0.669.